The van der Waals surface area contributed by atoms with Crippen LogP contribution in [0.1, 0.15) is 11.1 Å². The molecule has 0 aliphatic heterocycles. The van der Waals surface area contributed by atoms with Crippen LogP contribution in [0.5, 0.6) is 0 Å². The van der Waals surface area contributed by atoms with E-state index in [9.17, 15) is 14.5 Å². The number of hydrogen-bond acceptors (Lipinski definition) is 4. The molecule has 104 valence electrons. The van der Waals surface area contributed by atoms with Crippen LogP contribution in [-0.2, 0) is 5.75 Å². The van der Waals surface area contributed by atoms with E-state index in [-0.39, 0.29) is 0 Å². The molecule has 0 saturated carbocycles. The predicted molar refractivity (Wildman–Crippen MR) is 78.2 cm³/mol. The average molecular weight is 292 g/mol. The van der Waals surface area contributed by atoms with Gasteiger partial charge in [0, 0.05) is 28.0 Å². The van der Waals surface area contributed by atoms with Crippen molar-refractivity contribution in [3.63, 3.8) is 0 Å². The molecule has 6 heteroatoms. The molecule has 0 unspecified atom stereocenters. The summed E-state index contributed by atoms with van der Waals surface area (Å²) in [6.45, 7) is 1.92. The first-order valence-corrected chi connectivity index (χ1v) is 6.88. The van der Waals surface area contributed by atoms with Crippen molar-refractivity contribution in [3.05, 3.63) is 63.5 Å². The molecule has 0 aliphatic carbocycles. The van der Waals surface area contributed by atoms with E-state index in [4.69, 9.17) is 5.73 Å². The Morgan fingerprint density at radius 2 is 2.10 bits per heavy atom. The first kappa shape index (κ1) is 14.3. The van der Waals surface area contributed by atoms with Crippen molar-refractivity contribution in [1.82, 2.24) is 0 Å². The molecule has 4 nitrogen and oxygen atoms in total. The molecule has 0 bridgehead atoms. The Bertz CT molecular complexity index is 662. The van der Waals surface area contributed by atoms with Crippen LogP contribution in [0.4, 0.5) is 15.8 Å². The molecule has 0 aromatic heterocycles. The van der Waals surface area contributed by atoms with E-state index in [1.807, 2.05) is 19.1 Å². The first-order valence-electron chi connectivity index (χ1n) is 5.89. The number of nitro benzene ring substituents is 1. The molecule has 2 rings (SSSR count). The highest BCUT2D eigenvalue weighted by molar-refractivity contribution is 7.98. The lowest BCUT2D eigenvalue weighted by Gasteiger charge is -2.07. The Morgan fingerprint density at radius 3 is 2.75 bits per heavy atom. The fourth-order valence-corrected chi connectivity index (χ4v) is 2.79. The maximum absolute atomic E-state index is 13.9. The minimum Gasteiger partial charge on any atom is -0.399 e. The second-order valence-electron chi connectivity index (χ2n) is 4.32. The van der Waals surface area contributed by atoms with Gasteiger partial charge in [0.15, 0.2) is 0 Å². The van der Waals surface area contributed by atoms with Crippen LogP contribution in [0.25, 0.3) is 0 Å². The smallest absolute Gasteiger partial charge is 0.305 e. The lowest BCUT2D eigenvalue weighted by Crippen LogP contribution is -1.96. The van der Waals surface area contributed by atoms with Crippen LogP contribution >= 0.6 is 11.8 Å². The summed E-state index contributed by atoms with van der Waals surface area (Å²) in [5.74, 6) is -0.434. The summed E-state index contributed by atoms with van der Waals surface area (Å²) in [7, 11) is 0. The maximum atomic E-state index is 13.9. The van der Waals surface area contributed by atoms with Gasteiger partial charge < -0.3 is 5.73 Å². The van der Waals surface area contributed by atoms with Crippen LogP contribution in [0.2, 0.25) is 0 Å². The summed E-state index contributed by atoms with van der Waals surface area (Å²) in [6, 6.07) is 9.70. The first-order chi connectivity index (χ1) is 9.49. The van der Waals surface area contributed by atoms with E-state index >= 15 is 0 Å². The van der Waals surface area contributed by atoms with Gasteiger partial charge in [0.1, 0.15) is 0 Å². The Kier molecular flexibility index (Phi) is 4.24. The standard InChI is InChI=1S/C14H13FN2O2S/c1-9-7-11(16)5-6-13(9)20-8-10-3-2-4-12(14(10)15)17(18)19/h2-7H,8,16H2,1H3. The maximum Gasteiger partial charge on any atom is 0.305 e. The summed E-state index contributed by atoms with van der Waals surface area (Å²) in [4.78, 5) is 11.0. The minimum absolute atomic E-state index is 0.320. The number of aryl methyl sites for hydroxylation is 1. The quantitative estimate of drug-likeness (QED) is 0.401. The third-order valence-corrected chi connectivity index (χ3v) is 4.06. The molecule has 0 heterocycles. The number of nitrogens with zero attached hydrogens (tertiary/aromatic N) is 1. The van der Waals surface area contributed by atoms with Crippen LogP contribution in [0.15, 0.2) is 41.3 Å². The molecule has 0 radical (unpaired) electrons. The van der Waals surface area contributed by atoms with Crippen molar-refractivity contribution in [3.8, 4) is 0 Å². The van der Waals surface area contributed by atoms with Gasteiger partial charge in [-0.15, -0.1) is 11.8 Å². The number of nitro groups is 1. The number of nitrogens with two attached hydrogens (primary N) is 1. The molecular weight excluding hydrogens is 279 g/mol. The van der Waals surface area contributed by atoms with Gasteiger partial charge in [-0.05, 0) is 30.7 Å². The van der Waals surface area contributed by atoms with E-state index in [0.29, 0.717) is 17.0 Å². The molecule has 20 heavy (non-hydrogen) atoms. The van der Waals surface area contributed by atoms with Crippen molar-refractivity contribution in [1.29, 1.82) is 0 Å². The van der Waals surface area contributed by atoms with E-state index in [0.717, 1.165) is 16.5 Å². The Morgan fingerprint density at radius 1 is 1.35 bits per heavy atom. The molecule has 2 N–H and O–H groups in total. The summed E-state index contributed by atoms with van der Waals surface area (Å²) in [5, 5.41) is 10.7. The van der Waals surface area contributed by atoms with Crippen LogP contribution in [-0.4, -0.2) is 4.92 Å². The molecule has 0 saturated heterocycles. The number of thioether (sulfide) groups is 1. The fourth-order valence-electron chi connectivity index (χ4n) is 1.81. The third-order valence-electron chi connectivity index (χ3n) is 2.84. The molecule has 0 aliphatic rings. The van der Waals surface area contributed by atoms with Gasteiger partial charge in [0.05, 0.1) is 4.92 Å². The van der Waals surface area contributed by atoms with Gasteiger partial charge in [-0.1, -0.05) is 12.1 Å². The van der Waals surface area contributed by atoms with Gasteiger partial charge in [0.2, 0.25) is 5.82 Å². The number of benzene rings is 2. The summed E-state index contributed by atoms with van der Waals surface area (Å²) < 4.78 is 13.9. The van der Waals surface area contributed by atoms with Gasteiger partial charge in [-0.25, -0.2) is 0 Å². The second kappa shape index (κ2) is 5.92. The van der Waals surface area contributed by atoms with Gasteiger partial charge in [-0.2, -0.15) is 4.39 Å². The molecule has 0 atom stereocenters. The summed E-state index contributed by atoms with van der Waals surface area (Å²) in [5.41, 5.74) is 7.17. The minimum atomic E-state index is -0.766. The van der Waals surface area contributed by atoms with Gasteiger partial charge in [-0.3, -0.25) is 10.1 Å². The number of hydrogen-bond donors (Lipinski definition) is 1. The van der Waals surface area contributed by atoms with Crippen molar-refractivity contribution < 1.29 is 9.31 Å². The van der Waals surface area contributed by atoms with Crippen molar-refractivity contribution in [2.24, 2.45) is 0 Å². The highest BCUT2D eigenvalue weighted by Crippen LogP contribution is 2.30. The SMILES string of the molecule is Cc1cc(N)ccc1SCc1cccc([N+](=O)[O-])c1F. The van der Waals surface area contributed by atoms with Gasteiger partial charge >= 0.3 is 5.69 Å². The number of halogens is 1. The Balaban J connectivity index is 2.19. The van der Waals surface area contributed by atoms with Crippen LogP contribution in [0.3, 0.4) is 0 Å². The molecule has 2 aromatic carbocycles. The molecule has 0 spiro atoms. The lowest BCUT2D eigenvalue weighted by atomic mass is 10.2. The van der Waals surface area contributed by atoms with Crippen molar-refractivity contribution in [2.75, 3.05) is 5.73 Å². The topological polar surface area (TPSA) is 69.2 Å². The van der Waals surface area contributed by atoms with Crippen LogP contribution in [0, 0.1) is 22.9 Å². The van der Waals surface area contributed by atoms with Gasteiger partial charge in [0.25, 0.3) is 0 Å². The molecule has 0 fully saturated rings. The van der Waals surface area contributed by atoms with Crippen molar-refractivity contribution >= 4 is 23.1 Å². The lowest BCUT2D eigenvalue weighted by molar-refractivity contribution is -0.387. The van der Waals surface area contributed by atoms with E-state index in [2.05, 4.69) is 0 Å². The fraction of sp³-hybridized carbons (Fsp3) is 0.143. The average Bonchev–Trinajstić information content (AvgIpc) is 2.39. The largest absolute Gasteiger partial charge is 0.399 e. The molecule has 2 aromatic rings. The predicted octanol–water partition coefficient (Wildman–Crippen LogP) is 3.92. The monoisotopic (exact) mass is 292 g/mol. The summed E-state index contributed by atoms with van der Waals surface area (Å²) >= 11 is 1.43. The molecule has 0 amide bonds. The van der Waals surface area contributed by atoms with Crippen molar-refractivity contribution in [2.45, 2.75) is 17.6 Å². The molecular formula is C14H13FN2O2S. The number of rotatable bonds is 4. The highest BCUT2D eigenvalue weighted by atomic mass is 32.2. The number of nitrogen functional groups attached to an aromatic ring is 1. The van der Waals surface area contributed by atoms with E-state index in [1.165, 1.54) is 17.8 Å². The second-order valence-corrected chi connectivity index (χ2v) is 5.34. The zero-order valence-electron chi connectivity index (χ0n) is 10.8. The number of anilines is 1. The van der Waals surface area contributed by atoms with Crippen LogP contribution < -0.4 is 5.73 Å². The van der Waals surface area contributed by atoms with E-state index in [1.54, 1.807) is 12.1 Å². The zero-order valence-corrected chi connectivity index (χ0v) is 11.6. The third kappa shape index (κ3) is 3.08. The normalized spacial score (nSPS) is 10.5. The zero-order chi connectivity index (χ0) is 14.7. The van der Waals surface area contributed by atoms with E-state index < -0.39 is 16.4 Å². The Hall–Kier alpha value is -2.08. The highest BCUT2D eigenvalue weighted by Gasteiger charge is 2.17. The Labute approximate surface area is 119 Å². The summed E-state index contributed by atoms with van der Waals surface area (Å²) in [6.07, 6.45) is 0.